The maximum atomic E-state index is 11.4. The summed E-state index contributed by atoms with van der Waals surface area (Å²) < 4.78 is 5.08. The van der Waals surface area contributed by atoms with Crippen molar-refractivity contribution in [2.24, 2.45) is 0 Å². The third-order valence-corrected chi connectivity index (χ3v) is 1.92. The third kappa shape index (κ3) is 3.73. The molecule has 4 nitrogen and oxygen atoms in total. The molecule has 0 spiro atoms. The van der Waals surface area contributed by atoms with E-state index >= 15 is 0 Å². The molecule has 1 amide bonds. The van der Waals surface area contributed by atoms with E-state index in [4.69, 9.17) is 4.74 Å². The molecule has 0 saturated heterocycles. The molecule has 0 aliphatic rings. The van der Waals surface area contributed by atoms with Gasteiger partial charge in [-0.25, -0.2) is 4.98 Å². The molecule has 4 heteroatoms. The summed E-state index contributed by atoms with van der Waals surface area (Å²) in [6, 6.07) is 3.68. The monoisotopic (exact) mass is 220 g/mol. The Morgan fingerprint density at radius 3 is 2.94 bits per heavy atom. The molecule has 0 atom stereocenters. The van der Waals surface area contributed by atoms with Gasteiger partial charge in [0.2, 0.25) is 11.8 Å². The van der Waals surface area contributed by atoms with Gasteiger partial charge in [0.1, 0.15) is 0 Å². The van der Waals surface area contributed by atoms with Gasteiger partial charge in [0.15, 0.2) is 0 Å². The van der Waals surface area contributed by atoms with Gasteiger partial charge in [-0.05, 0) is 19.9 Å². The number of carbonyl (C=O) groups is 1. The van der Waals surface area contributed by atoms with Crippen LogP contribution in [0.3, 0.4) is 0 Å². The lowest BCUT2D eigenvalue weighted by molar-refractivity contribution is -0.116. The minimum Gasteiger partial charge on any atom is -0.481 e. The number of nitrogens with one attached hydrogen (secondary N) is 1. The van der Waals surface area contributed by atoms with Crippen molar-refractivity contribution in [1.29, 1.82) is 0 Å². The normalized spacial score (nSPS) is 9.44. The number of ether oxygens (including phenoxy) is 1. The summed E-state index contributed by atoms with van der Waals surface area (Å²) in [6.45, 7) is 4.17. The predicted molar refractivity (Wildman–Crippen MR) is 62.1 cm³/mol. The first-order valence-electron chi connectivity index (χ1n) is 5.04. The second-order valence-corrected chi connectivity index (χ2v) is 3.61. The first-order valence-corrected chi connectivity index (χ1v) is 5.04. The van der Waals surface area contributed by atoms with Crippen LogP contribution in [0.25, 0.3) is 0 Å². The zero-order valence-corrected chi connectivity index (χ0v) is 9.78. The van der Waals surface area contributed by atoms with Crippen LogP contribution in [-0.4, -0.2) is 18.0 Å². The average molecular weight is 220 g/mol. The summed E-state index contributed by atoms with van der Waals surface area (Å²) >= 11 is 0. The minimum atomic E-state index is -0.106. The maximum absolute atomic E-state index is 11.4. The van der Waals surface area contributed by atoms with Crippen molar-refractivity contribution in [3.63, 3.8) is 0 Å². The number of pyridine rings is 1. The van der Waals surface area contributed by atoms with Crippen molar-refractivity contribution >= 4 is 5.91 Å². The first-order chi connectivity index (χ1) is 7.63. The van der Waals surface area contributed by atoms with E-state index in [-0.39, 0.29) is 5.91 Å². The number of rotatable bonds is 4. The summed E-state index contributed by atoms with van der Waals surface area (Å²) in [6.07, 6.45) is 3.21. The topological polar surface area (TPSA) is 51.2 Å². The lowest BCUT2D eigenvalue weighted by atomic mass is 10.2. The van der Waals surface area contributed by atoms with Crippen LogP contribution < -0.4 is 10.1 Å². The molecule has 16 heavy (non-hydrogen) atoms. The molecule has 1 aromatic rings. The van der Waals surface area contributed by atoms with E-state index in [9.17, 15) is 4.79 Å². The lowest BCUT2D eigenvalue weighted by Crippen LogP contribution is -2.21. The molecule has 1 N–H and O–H groups in total. The summed E-state index contributed by atoms with van der Waals surface area (Å²) in [5.74, 6) is 0.436. The molecule has 0 aliphatic heterocycles. The van der Waals surface area contributed by atoms with Gasteiger partial charge in [0.25, 0.3) is 0 Å². The Labute approximate surface area is 95.3 Å². The van der Waals surface area contributed by atoms with Gasteiger partial charge in [-0.1, -0.05) is 11.6 Å². The molecule has 86 valence electrons. The smallest absolute Gasteiger partial charge is 0.244 e. The summed E-state index contributed by atoms with van der Waals surface area (Å²) in [7, 11) is 1.56. The fraction of sp³-hybridized carbons (Fsp3) is 0.333. The molecular weight excluding hydrogens is 204 g/mol. The molecule has 0 unspecified atom stereocenters. The van der Waals surface area contributed by atoms with E-state index in [1.165, 1.54) is 0 Å². The van der Waals surface area contributed by atoms with Crippen LogP contribution in [-0.2, 0) is 11.3 Å². The van der Waals surface area contributed by atoms with Gasteiger partial charge in [-0.15, -0.1) is 0 Å². The summed E-state index contributed by atoms with van der Waals surface area (Å²) in [5.41, 5.74) is 1.83. The highest BCUT2D eigenvalue weighted by Gasteiger charge is 2.03. The van der Waals surface area contributed by atoms with E-state index in [0.29, 0.717) is 12.4 Å². The number of nitrogens with zero attached hydrogens (tertiary/aromatic N) is 1. The number of hydrogen-bond acceptors (Lipinski definition) is 3. The second kappa shape index (κ2) is 5.90. The van der Waals surface area contributed by atoms with Crippen LogP contribution in [0.4, 0.5) is 0 Å². The Bertz CT molecular complexity index is 396. The number of aromatic nitrogens is 1. The molecule has 0 radical (unpaired) electrons. The predicted octanol–water partition coefficient (Wildman–Crippen LogP) is 1.67. The van der Waals surface area contributed by atoms with Gasteiger partial charge in [-0.2, -0.15) is 0 Å². The Balaban J connectivity index is 2.61. The zero-order chi connectivity index (χ0) is 12.0. The van der Waals surface area contributed by atoms with Crippen LogP contribution in [0.2, 0.25) is 0 Å². The van der Waals surface area contributed by atoms with Crippen molar-refractivity contribution in [2.75, 3.05) is 7.11 Å². The number of hydrogen-bond donors (Lipinski definition) is 1. The van der Waals surface area contributed by atoms with Crippen molar-refractivity contribution in [3.05, 3.63) is 35.5 Å². The summed E-state index contributed by atoms with van der Waals surface area (Å²) in [5, 5.41) is 2.77. The highest BCUT2D eigenvalue weighted by Crippen LogP contribution is 2.12. The number of amides is 1. The quantitative estimate of drug-likeness (QED) is 0.785. The van der Waals surface area contributed by atoms with Crippen LogP contribution in [0.5, 0.6) is 5.88 Å². The summed E-state index contributed by atoms with van der Waals surface area (Å²) in [4.78, 5) is 15.4. The van der Waals surface area contributed by atoms with Gasteiger partial charge >= 0.3 is 0 Å². The maximum Gasteiger partial charge on any atom is 0.244 e. The Morgan fingerprint density at radius 1 is 1.56 bits per heavy atom. The molecule has 1 rings (SSSR count). The molecule has 0 fully saturated rings. The van der Waals surface area contributed by atoms with Crippen LogP contribution >= 0.6 is 0 Å². The fourth-order valence-electron chi connectivity index (χ4n) is 1.24. The molecule has 0 saturated carbocycles. The molecular formula is C12H16N2O2. The fourth-order valence-corrected chi connectivity index (χ4v) is 1.24. The molecule has 0 aliphatic carbocycles. The second-order valence-electron chi connectivity index (χ2n) is 3.61. The largest absolute Gasteiger partial charge is 0.481 e. The van der Waals surface area contributed by atoms with E-state index in [1.54, 1.807) is 19.4 Å². The molecule has 0 aromatic carbocycles. The average Bonchev–Trinajstić information content (AvgIpc) is 2.26. The highest BCUT2D eigenvalue weighted by atomic mass is 16.5. The highest BCUT2D eigenvalue weighted by molar-refractivity contribution is 5.87. The number of allylic oxidation sites excluding steroid dienone is 1. The third-order valence-electron chi connectivity index (χ3n) is 1.92. The van der Waals surface area contributed by atoms with Gasteiger partial charge in [0.05, 0.1) is 7.11 Å². The van der Waals surface area contributed by atoms with E-state index < -0.39 is 0 Å². The van der Waals surface area contributed by atoms with E-state index in [2.05, 4.69) is 10.3 Å². The first kappa shape index (κ1) is 12.2. The molecule has 1 heterocycles. The molecule has 1 aromatic heterocycles. The lowest BCUT2D eigenvalue weighted by Gasteiger charge is -2.07. The Hall–Kier alpha value is -1.84. The SMILES string of the molecule is COc1ncccc1CNC(=O)C=C(C)C. The Kier molecular flexibility index (Phi) is 4.51. The van der Waals surface area contributed by atoms with E-state index in [1.807, 2.05) is 26.0 Å². The van der Waals surface area contributed by atoms with Crippen LogP contribution in [0, 0.1) is 0 Å². The van der Waals surface area contributed by atoms with Crippen LogP contribution in [0.1, 0.15) is 19.4 Å². The van der Waals surface area contributed by atoms with Crippen molar-refractivity contribution in [1.82, 2.24) is 10.3 Å². The number of methoxy groups -OCH3 is 1. The van der Waals surface area contributed by atoms with Crippen molar-refractivity contribution < 1.29 is 9.53 Å². The van der Waals surface area contributed by atoms with Crippen LogP contribution in [0.15, 0.2) is 30.0 Å². The standard InChI is InChI=1S/C12H16N2O2/c1-9(2)7-11(15)14-8-10-5-4-6-13-12(10)16-3/h4-7H,8H2,1-3H3,(H,14,15). The Morgan fingerprint density at radius 2 is 2.31 bits per heavy atom. The van der Waals surface area contributed by atoms with Crippen molar-refractivity contribution in [2.45, 2.75) is 20.4 Å². The minimum absolute atomic E-state index is 0.106. The van der Waals surface area contributed by atoms with E-state index in [0.717, 1.165) is 11.1 Å². The van der Waals surface area contributed by atoms with Crippen molar-refractivity contribution in [3.8, 4) is 5.88 Å². The molecule has 0 bridgehead atoms. The van der Waals surface area contributed by atoms with Gasteiger partial charge in [0, 0.05) is 24.4 Å². The number of carbonyl (C=O) groups excluding carboxylic acids is 1. The van der Waals surface area contributed by atoms with Gasteiger partial charge in [-0.3, -0.25) is 4.79 Å². The zero-order valence-electron chi connectivity index (χ0n) is 9.78. The van der Waals surface area contributed by atoms with Gasteiger partial charge < -0.3 is 10.1 Å².